The standard InChI is InChI=1S/C24H26N2O3S/c1-5-6-19-13-20(14-22(28-3)23(19)29-4)24(27)25-12-11-17-7-9-18(10-8-17)21-15-30-16(2)26-21/h5-10,13-15H,11-12H2,1-4H3,(H,25,27)/b6-5+. The Kier molecular flexibility index (Phi) is 7.25. The minimum atomic E-state index is -0.142. The first-order valence-electron chi connectivity index (χ1n) is 9.74. The van der Waals surface area contributed by atoms with Crippen LogP contribution in [0.1, 0.15) is 33.4 Å². The summed E-state index contributed by atoms with van der Waals surface area (Å²) in [4.78, 5) is 17.2. The molecular formula is C24H26N2O3S. The SMILES string of the molecule is C/C=C/c1cc(C(=O)NCCc2ccc(-c3csc(C)n3)cc2)cc(OC)c1OC. The third-order valence-electron chi connectivity index (χ3n) is 4.68. The van der Waals surface area contributed by atoms with Gasteiger partial charge in [-0.25, -0.2) is 4.98 Å². The average Bonchev–Trinajstić information content (AvgIpc) is 3.20. The van der Waals surface area contributed by atoms with Gasteiger partial charge in [-0.1, -0.05) is 36.4 Å². The number of ether oxygens (including phenoxy) is 2. The molecule has 0 spiro atoms. The van der Waals surface area contributed by atoms with Gasteiger partial charge in [-0.3, -0.25) is 4.79 Å². The molecule has 0 bridgehead atoms. The molecule has 3 aromatic rings. The van der Waals surface area contributed by atoms with E-state index in [1.165, 1.54) is 0 Å². The van der Waals surface area contributed by atoms with Crippen molar-refractivity contribution in [3.8, 4) is 22.8 Å². The Balaban J connectivity index is 1.63. The molecule has 0 unspecified atom stereocenters. The zero-order valence-electron chi connectivity index (χ0n) is 17.7. The van der Waals surface area contributed by atoms with Crippen LogP contribution in [0.5, 0.6) is 11.5 Å². The van der Waals surface area contributed by atoms with Gasteiger partial charge in [0.05, 0.1) is 24.9 Å². The number of rotatable bonds is 8. The van der Waals surface area contributed by atoms with Crippen LogP contribution in [0.25, 0.3) is 17.3 Å². The molecule has 6 heteroatoms. The quantitative estimate of drug-likeness (QED) is 0.546. The number of aryl methyl sites for hydroxylation is 1. The summed E-state index contributed by atoms with van der Waals surface area (Å²) in [7, 11) is 3.15. The van der Waals surface area contributed by atoms with E-state index in [1.54, 1.807) is 37.7 Å². The number of carbonyl (C=O) groups excluding carboxylic acids is 1. The van der Waals surface area contributed by atoms with Crippen molar-refractivity contribution >= 4 is 23.3 Å². The van der Waals surface area contributed by atoms with Gasteiger partial charge in [0.1, 0.15) is 0 Å². The van der Waals surface area contributed by atoms with Crippen LogP contribution in [0.4, 0.5) is 0 Å². The van der Waals surface area contributed by atoms with Crippen LogP contribution in [0.3, 0.4) is 0 Å². The molecule has 0 aliphatic heterocycles. The number of aromatic nitrogens is 1. The molecule has 0 aliphatic rings. The molecular weight excluding hydrogens is 396 g/mol. The monoisotopic (exact) mass is 422 g/mol. The number of nitrogens with one attached hydrogen (secondary N) is 1. The molecule has 0 aliphatic carbocycles. The van der Waals surface area contributed by atoms with E-state index in [4.69, 9.17) is 9.47 Å². The summed E-state index contributed by atoms with van der Waals surface area (Å²) in [6.07, 6.45) is 4.54. The zero-order valence-corrected chi connectivity index (χ0v) is 18.5. The topological polar surface area (TPSA) is 60.5 Å². The van der Waals surface area contributed by atoms with Crippen LogP contribution in [0, 0.1) is 6.92 Å². The fourth-order valence-corrected chi connectivity index (χ4v) is 3.81. The van der Waals surface area contributed by atoms with Crippen molar-refractivity contribution in [3.05, 3.63) is 69.6 Å². The van der Waals surface area contributed by atoms with Crippen LogP contribution >= 0.6 is 11.3 Å². The number of nitrogens with zero attached hydrogens (tertiary/aromatic N) is 1. The van der Waals surface area contributed by atoms with Gasteiger partial charge in [0.25, 0.3) is 5.91 Å². The van der Waals surface area contributed by atoms with Crippen LogP contribution in [-0.2, 0) is 6.42 Å². The van der Waals surface area contributed by atoms with Crippen molar-refractivity contribution in [1.29, 1.82) is 0 Å². The highest BCUT2D eigenvalue weighted by molar-refractivity contribution is 7.09. The lowest BCUT2D eigenvalue weighted by Crippen LogP contribution is -2.25. The number of carbonyl (C=O) groups is 1. The van der Waals surface area contributed by atoms with Gasteiger partial charge in [-0.15, -0.1) is 11.3 Å². The summed E-state index contributed by atoms with van der Waals surface area (Å²) in [6, 6.07) is 11.8. The number of allylic oxidation sites excluding steroid dienone is 1. The van der Waals surface area contributed by atoms with E-state index in [9.17, 15) is 4.79 Å². The van der Waals surface area contributed by atoms with E-state index in [-0.39, 0.29) is 5.91 Å². The maximum Gasteiger partial charge on any atom is 0.251 e. The first-order valence-corrected chi connectivity index (χ1v) is 10.6. The van der Waals surface area contributed by atoms with E-state index < -0.39 is 0 Å². The summed E-state index contributed by atoms with van der Waals surface area (Å²) >= 11 is 1.65. The Labute approximate surface area is 181 Å². The molecule has 1 N–H and O–H groups in total. The minimum absolute atomic E-state index is 0.142. The summed E-state index contributed by atoms with van der Waals surface area (Å²) in [5, 5.41) is 6.11. The Morgan fingerprint density at radius 3 is 2.53 bits per heavy atom. The van der Waals surface area contributed by atoms with Gasteiger partial charge < -0.3 is 14.8 Å². The van der Waals surface area contributed by atoms with Gasteiger partial charge >= 0.3 is 0 Å². The fraction of sp³-hybridized carbons (Fsp3) is 0.250. The number of thiazole rings is 1. The Bertz CT molecular complexity index is 1040. The molecule has 0 atom stereocenters. The predicted octanol–water partition coefficient (Wildman–Crippen LogP) is 5.14. The van der Waals surface area contributed by atoms with Gasteiger partial charge in [0.2, 0.25) is 0 Å². The third kappa shape index (κ3) is 5.07. The van der Waals surface area contributed by atoms with E-state index in [0.29, 0.717) is 23.6 Å². The summed E-state index contributed by atoms with van der Waals surface area (Å²) in [5.74, 6) is 1.00. The Morgan fingerprint density at radius 1 is 1.17 bits per heavy atom. The van der Waals surface area contributed by atoms with Crippen LogP contribution in [0.15, 0.2) is 47.9 Å². The molecule has 1 amide bonds. The lowest BCUT2D eigenvalue weighted by molar-refractivity contribution is 0.0953. The van der Waals surface area contributed by atoms with Gasteiger partial charge in [-0.05, 0) is 38.0 Å². The molecule has 3 rings (SSSR count). The number of methoxy groups -OCH3 is 2. The van der Waals surface area contributed by atoms with E-state index in [0.717, 1.165) is 33.8 Å². The van der Waals surface area contributed by atoms with Gasteiger partial charge in [0.15, 0.2) is 11.5 Å². The fourth-order valence-electron chi connectivity index (χ4n) is 3.19. The van der Waals surface area contributed by atoms with Crippen LogP contribution < -0.4 is 14.8 Å². The zero-order chi connectivity index (χ0) is 21.5. The normalized spacial score (nSPS) is 10.9. The highest BCUT2D eigenvalue weighted by Crippen LogP contribution is 2.33. The Morgan fingerprint density at radius 2 is 1.93 bits per heavy atom. The number of amides is 1. The summed E-state index contributed by atoms with van der Waals surface area (Å²) < 4.78 is 10.8. The molecule has 30 heavy (non-hydrogen) atoms. The smallest absolute Gasteiger partial charge is 0.251 e. The maximum absolute atomic E-state index is 12.7. The summed E-state index contributed by atoms with van der Waals surface area (Å²) in [6.45, 7) is 4.46. The predicted molar refractivity (Wildman–Crippen MR) is 123 cm³/mol. The van der Waals surface area contributed by atoms with Crippen molar-refractivity contribution in [2.75, 3.05) is 20.8 Å². The van der Waals surface area contributed by atoms with E-state index >= 15 is 0 Å². The first kappa shape index (κ1) is 21.6. The number of hydrogen-bond acceptors (Lipinski definition) is 5. The largest absolute Gasteiger partial charge is 0.493 e. The van der Waals surface area contributed by atoms with Crippen molar-refractivity contribution in [1.82, 2.24) is 10.3 Å². The van der Waals surface area contributed by atoms with Crippen LogP contribution in [-0.4, -0.2) is 31.7 Å². The van der Waals surface area contributed by atoms with Gasteiger partial charge in [0, 0.05) is 28.6 Å². The summed E-state index contributed by atoms with van der Waals surface area (Å²) in [5.41, 5.74) is 4.61. The minimum Gasteiger partial charge on any atom is -0.493 e. The first-order chi connectivity index (χ1) is 14.5. The number of hydrogen-bond donors (Lipinski definition) is 1. The second-order valence-electron chi connectivity index (χ2n) is 6.76. The van der Waals surface area contributed by atoms with Gasteiger partial charge in [-0.2, -0.15) is 0 Å². The van der Waals surface area contributed by atoms with Crippen molar-refractivity contribution in [2.24, 2.45) is 0 Å². The molecule has 5 nitrogen and oxygen atoms in total. The number of benzene rings is 2. The van der Waals surface area contributed by atoms with E-state index in [1.807, 2.05) is 26.0 Å². The van der Waals surface area contributed by atoms with Crippen molar-refractivity contribution in [2.45, 2.75) is 20.3 Å². The lowest BCUT2D eigenvalue weighted by Gasteiger charge is -2.13. The highest BCUT2D eigenvalue weighted by Gasteiger charge is 2.14. The average molecular weight is 423 g/mol. The lowest BCUT2D eigenvalue weighted by atomic mass is 10.1. The molecule has 0 saturated carbocycles. The molecule has 0 radical (unpaired) electrons. The van der Waals surface area contributed by atoms with Crippen LogP contribution in [0.2, 0.25) is 0 Å². The van der Waals surface area contributed by atoms with Crippen molar-refractivity contribution < 1.29 is 14.3 Å². The second-order valence-corrected chi connectivity index (χ2v) is 7.82. The molecule has 1 heterocycles. The molecule has 0 fully saturated rings. The highest BCUT2D eigenvalue weighted by atomic mass is 32.1. The third-order valence-corrected chi connectivity index (χ3v) is 5.46. The Hall–Kier alpha value is -3.12. The molecule has 156 valence electrons. The second kappa shape index (κ2) is 10.1. The molecule has 1 aromatic heterocycles. The molecule has 0 saturated heterocycles. The van der Waals surface area contributed by atoms with E-state index in [2.05, 4.69) is 39.9 Å². The van der Waals surface area contributed by atoms with Crippen molar-refractivity contribution in [3.63, 3.8) is 0 Å². The molecule has 2 aromatic carbocycles. The maximum atomic E-state index is 12.7.